The van der Waals surface area contributed by atoms with E-state index in [1.807, 2.05) is 19.1 Å². The fourth-order valence-electron chi connectivity index (χ4n) is 1.73. The van der Waals surface area contributed by atoms with Crippen LogP contribution in [0.2, 0.25) is 0 Å². The minimum atomic E-state index is -0.424. The van der Waals surface area contributed by atoms with Gasteiger partial charge in [-0.15, -0.1) is 0 Å². The average Bonchev–Trinajstić information content (AvgIpc) is 2.28. The molecular formula is C14H21NO2. The number of carbonyl (C=O) groups excluding carboxylic acids is 1. The average molecular weight is 235 g/mol. The summed E-state index contributed by atoms with van der Waals surface area (Å²) in [6.45, 7) is 6.63. The number of ketones is 1. The highest BCUT2D eigenvalue weighted by Crippen LogP contribution is 2.16. The van der Waals surface area contributed by atoms with E-state index in [1.54, 1.807) is 12.1 Å². The lowest BCUT2D eigenvalue weighted by Gasteiger charge is -2.13. The molecule has 94 valence electrons. The second kappa shape index (κ2) is 6.40. The normalized spacial score (nSPS) is 12.5. The summed E-state index contributed by atoms with van der Waals surface area (Å²) in [7, 11) is 0. The van der Waals surface area contributed by atoms with Crippen molar-refractivity contribution < 1.29 is 9.53 Å². The largest absolute Gasteiger partial charge is 0.494 e. The molecule has 1 aromatic rings. The van der Waals surface area contributed by atoms with E-state index in [4.69, 9.17) is 10.5 Å². The predicted octanol–water partition coefficient (Wildman–Crippen LogP) is 2.64. The Kier molecular flexibility index (Phi) is 5.16. The Morgan fingerprint density at radius 2 is 2.12 bits per heavy atom. The van der Waals surface area contributed by atoms with E-state index in [-0.39, 0.29) is 5.78 Å². The highest BCUT2D eigenvalue weighted by molar-refractivity contribution is 6.00. The summed E-state index contributed by atoms with van der Waals surface area (Å²) in [5, 5.41) is 0. The zero-order chi connectivity index (χ0) is 12.8. The third kappa shape index (κ3) is 4.19. The van der Waals surface area contributed by atoms with Crippen LogP contribution in [0.25, 0.3) is 0 Å². The van der Waals surface area contributed by atoms with E-state index in [0.717, 1.165) is 5.75 Å². The standard InChI is InChI=1S/C14H21NO2/c1-4-17-12-7-5-6-11(9-12)14(16)13(15)8-10(2)3/h5-7,9-10,13H,4,8,15H2,1-3H3. The molecule has 2 N–H and O–H groups in total. The summed E-state index contributed by atoms with van der Waals surface area (Å²) in [6, 6.07) is 6.78. The number of nitrogens with two attached hydrogens (primary N) is 1. The van der Waals surface area contributed by atoms with Gasteiger partial charge in [-0.05, 0) is 31.4 Å². The van der Waals surface area contributed by atoms with Crippen LogP contribution in [0.3, 0.4) is 0 Å². The van der Waals surface area contributed by atoms with E-state index in [1.165, 1.54) is 0 Å². The van der Waals surface area contributed by atoms with Crippen LogP contribution in [0, 0.1) is 5.92 Å². The Labute approximate surface area is 103 Å². The highest BCUT2D eigenvalue weighted by atomic mass is 16.5. The van der Waals surface area contributed by atoms with Crippen LogP contribution in [-0.4, -0.2) is 18.4 Å². The molecule has 1 aromatic carbocycles. The molecule has 0 heterocycles. The quantitative estimate of drug-likeness (QED) is 0.771. The second-order valence-corrected chi connectivity index (χ2v) is 4.56. The molecule has 1 rings (SSSR count). The molecule has 0 aliphatic carbocycles. The lowest BCUT2D eigenvalue weighted by atomic mass is 9.97. The third-order valence-corrected chi connectivity index (χ3v) is 2.49. The molecule has 17 heavy (non-hydrogen) atoms. The van der Waals surface area contributed by atoms with Crippen molar-refractivity contribution in [3.05, 3.63) is 29.8 Å². The molecule has 0 radical (unpaired) electrons. The lowest BCUT2D eigenvalue weighted by molar-refractivity contribution is 0.0950. The maximum atomic E-state index is 12.1. The maximum Gasteiger partial charge on any atom is 0.179 e. The Morgan fingerprint density at radius 1 is 1.41 bits per heavy atom. The zero-order valence-corrected chi connectivity index (χ0v) is 10.8. The Balaban J connectivity index is 2.77. The van der Waals surface area contributed by atoms with Gasteiger partial charge in [0, 0.05) is 5.56 Å². The second-order valence-electron chi connectivity index (χ2n) is 4.56. The first kappa shape index (κ1) is 13.7. The van der Waals surface area contributed by atoms with Gasteiger partial charge in [0.2, 0.25) is 0 Å². The van der Waals surface area contributed by atoms with Crippen LogP contribution >= 0.6 is 0 Å². The molecule has 0 aromatic heterocycles. The van der Waals surface area contributed by atoms with E-state index < -0.39 is 6.04 Å². The Morgan fingerprint density at radius 3 is 2.71 bits per heavy atom. The van der Waals surface area contributed by atoms with Crippen molar-refractivity contribution in [2.24, 2.45) is 11.7 Å². The van der Waals surface area contributed by atoms with Crippen LogP contribution in [0.4, 0.5) is 0 Å². The zero-order valence-electron chi connectivity index (χ0n) is 10.8. The van der Waals surface area contributed by atoms with Gasteiger partial charge in [-0.2, -0.15) is 0 Å². The Hall–Kier alpha value is -1.35. The summed E-state index contributed by atoms with van der Waals surface area (Å²) in [5.74, 6) is 1.12. The summed E-state index contributed by atoms with van der Waals surface area (Å²) in [5.41, 5.74) is 6.51. The molecule has 3 heteroatoms. The van der Waals surface area contributed by atoms with Crippen molar-refractivity contribution in [2.75, 3.05) is 6.61 Å². The third-order valence-electron chi connectivity index (χ3n) is 2.49. The lowest BCUT2D eigenvalue weighted by Crippen LogP contribution is -2.31. The van der Waals surface area contributed by atoms with Gasteiger partial charge in [0.25, 0.3) is 0 Å². The molecule has 0 fully saturated rings. The van der Waals surface area contributed by atoms with Gasteiger partial charge < -0.3 is 10.5 Å². The molecular weight excluding hydrogens is 214 g/mol. The van der Waals surface area contributed by atoms with E-state index >= 15 is 0 Å². The summed E-state index contributed by atoms with van der Waals surface area (Å²) in [6.07, 6.45) is 0.706. The fourth-order valence-corrected chi connectivity index (χ4v) is 1.73. The summed E-state index contributed by atoms with van der Waals surface area (Å²) >= 11 is 0. The number of ether oxygens (including phenoxy) is 1. The van der Waals surface area contributed by atoms with E-state index in [0.29, 0.717) is 24.5 Å². The van der Waals surface area contributed by atoms with Crippen molar-refractivity contribution in [3.63, 3.8) is 0 Å². The van der Waals surface area contributed by atoms with E-state index in [9.17, 15) is 4.79 Å². The van der Waals surface area contributed by atoms with E-state index in [2.05, 4.69) is 13.8 Å². The molecule has 0 saturated heterocycles. The van der Waals surface area contributed by atoms with Crippen molar-refractivity contribution >= 4 is 5.78 Å². The van der Waals surface area contributed by atoms with Crippen LogP contribution in [-0.2, 0) is 0 Å². The Bertz CT molecular complexity index is 374. The van der Waals surface area contributed by atoms with Gasteiger partial charge in [-0.25, -0.2) is 0 Å². The smallest absolute Gasteiger partial charge is 0.179 e. The molecule has 0 spiro atoms. The number of hydrogen-bond acceptors (Lipinski definition) is 3. The van der Waals surface area contributed by atoms with Gasteiger partial charge in [-0.1, -0.05) is 26.0 Å². The molecule has 1 unspecified atom stereocenters. The highest BCUT2D eigenvalue weighted by Gasteiger charge is 2.17. The van der Waals surface area contributed by atoms with Crippen molar-refractivity contribution in [1.29, 1.82) is 0 Å². The summed E-state index contributed by atoms with van der Waals surface area (Å²) < 4.78 is 5.36. The van der Waals surface area contributed by atoms with Gasteiger partial charge in [0.05, 0.1) is 12.6 Å². The minimum absolute atomic E-state index is 0.0137. The molecule has 0 aliphatic heterocycles. The summed E-state index contributed by atoms with van der Waals surface area (Å²) in [4.78, 5) is 12.1. The van der Waals surface area contributed by atoms with Crippen molar-refractivity contribution in [1.82, 2.24) is 0 Å². The molecule has 0 saturated carbocycles. The molecule has 1 atom stereocenters. The van der Waals surface area contributed by atoms with Crippen molar-refractivity contribution in [3.8, 4) is 5.75 Å². The fraction of sp³-hybridized carbons (Fsp3) is 0.500. The van der Waals surface area contributed by atoms with Crippen LogP contribution in [0.15, 0.2) is 24.3 Å². The first-order valence-electron chi connectivity index (χ1n) is 6.07. The van der Waals surface area contributed by atoms with Gasteiger partial charge in [-0.3, -0.25) is 4.79 Å². The molecule has 0 bridgehead atoms. The number of Topliss-reactive ketones (excluding diaryl/α,β-unsaturated/α-hetero) is 1. The number of carbonyl (C=O) groups is 1. The SMILES string of the molecule is CCOc1cccc(C(=O)C(N)CC(C)C)c1. The number of rotatable bonds is 6. The first-order valence-corrected chi connectivity index (χ1v) is 6.07. The predicted molar refractivity (Wildman–Crippen MR) is 69.4 cm³/mol. The molecule has 0 aliphatic rings. The first-order chi connectivity index (χ1) is 8.04. The maximum absolute atomic E-state index is 12.1. The van der Waals surface area contributed by atoms with Gasteiger partial charge >= 0.3 is 0 Å². The van der Waals surface area contributed by atoms with Crippen molar-refractivity contribution in [2.45, 2.75) is 33.2 Å². The van der Waals surface area contributed by atoms with Gasteiger partial charge in [0.15, 0.2) is 5.78 Å². The molecule has 0 amide bonds. The molecule has 3 nitrogen and oxygen atoms in total. The minimum Gasteiger partial charge on any atom is -0.494 e. The van der Waals surface area contributed by atoms with Crippen LogP contribution in [0.1, 0.15) is 37.6 Å². The monoisotopic (exact) mass is 235 g/mol. The topological polar surface area (TPSA) is 52.3 Å². The van der Waals surface area contributed by atoms with Gasteiger partial charge in [0.1, 0.15) is 5.75 Å². The van der Waals surface area contributed by atoms with Crippen LogP contribution in [0.5, 0.6) is 5.75 Å². The van der Waals surface area contributed by atoms with Crippen LogP contribution < -0.4 is 10.5 Å². The number of benzene rings is 1. The number of hydrogen-bond donors (Lipinski definition) is 1.